The Labute approximate surface area is 185 Å². The second-order valence-electron chi connectivity index (χ2n) is 7.94. The molecule has 2 aliphatic rings. The fourth-order valence-corrected chi connectivity index (χ4v) is 3.95. The standard InChI is InChI=1S/C19H33N7O.HI/c1-25(2)17(27)13-21-19(20-12-15-6-4-3-5-7-15)26-10-8-16(9-11-26)18-22-14-23-24-18;/h14-16H,3-13H2,1-2H3,(H,20,21)(H,22,23,24);1H. The van der Waals surface area contributed by atoms with Gasteiger partial charge in [-0.2, -0.15) is 5.10 Å². The van der Waals surface area contributed by atoms with E-state index in [-0.39, 0.29) is 36.4 Å². The van der Waals surface area contributed by atoms with Gasteiger partial charge < -0.3 is 15.1 Å². The number of amides is 1. The molecular weight excluding hydrogens is 469 g/mol. The first-order chi connectivity index (χ1) is 13.1. The third-order valence-electron chi connectivity index (χ3n) is 5.75. The number of carbonyl (C=O) groups excluding carboxylic acids is 1. The van der Waals surface area contributed by atoms with Gasteiger partial charge in [0.15, 0.2) is 5.96 Å². The zero-order chi connectivity index (χ0) is 19.1. The van der Waals surface area contributed by atoms with E-state index in [2.05, 4.69) is 30.4 Å². The number of H-pyrrole nitrogens is 1. The number of aromatic amines is 1. The highest BCUT2D eigenvalue weighted by atomic mass is 127. The van der Waals surface area contributed by atoms with E-state index in [1.807, 2.05) is 0 Å². The molecule has 0 aromatic carbocycles. The molecule has 0 atom stereocenters. The summed E-state index contributed by atoms with van der Waals surface area (Å²) in [6.07, 6.45) is 10.2. The molecule has 1 saturated carbocycles. The minimum absolute atomic E-state index is 0. The van der Waals surface area contributed by atoms with Crippen LogP contribution in [0.3, 0.4) is 0 Å². The van der Waals surface area contributed by atoms with Gasteiger partial charge in [-0.3, -0.25) is 9.89 Å². The van der Waals surface area contributed by atoms with E-state index < -0.39 is 0 Å². The number of nitrogens with zero attached hydrogens (tertiary/aromatic N) is 5. The van der Waals surface area contributed by atoms with E-state index in [9.17, 15) is 4.79 Å². The highest BCUT2D eigenvalue weighted by Crippen LogP contribution is 2.25. The Balaban J connectivity index is 0.00000280. The molecule has 3 rings (SSSR count). The topological polar surface area (TPSA) is 89.5 Å². The molecule has 0 spiro atoms. The minimum atomic E-state index is 0. The van der Waals surface area contributed by atoms with Crippen LogP contribution in [-0.4, -0.2) is 77.1 Å². The van der Waals surface area contributed by atoms with Crippen LogP contribution >= 0.6 is 24.0 Å². The monoisotopic (exact) mass is 503 g/mol. The molecule has 1 amide bonds. The number of nitrogens with one attached hydrogen (secondary N) is 2. The third-order valence-corrected chi connectivity index (χ3v) is 5.75. The summed E-state index contributed by atoms with van der Waals surface area (Å²) in [4.78, 5) is 24.8. The zero-order valence-corrected chi connectivity index (χ0v) is 19.4. The Morgan fingerprint density at radius 1 is 1.25 bits per heavy atom. The lowest BCUT2D eigenvalue weighted by molar-refractivity contribution is -0.127. The quantitative estimate of drug-likeness (QED) is 0.366. The third kappa shape index (κ3) is 6.59. The number of carbonyl (C=O) groups is 1. The van der Waals surface area contributed by atoms with Crippen LogP contribution in [0.4, 0.5) is 0 Å². The van der Waals surface area contributed by atoms with Gasteiger partial charge in [0.25, 0.3) is 0 Å². The number of piperidine rings is 1. The van der Waals surface area contributed by atoms with Crippen molar-refractivity contribution in [3.8, 4) is 0 Å². The average Bonchev–Trinajstić information content (AvgIpc) is 3.23. The molecule has 0 radical (unpaired) electrons. The normalized spacial score (nSPS) is 19.2. The molecule has 158 valence electrons. The first-order valence-corrected chi connectivity index (χ1v) is 10.2. The highest BCUT2D eigenvalue weighted by molar-refractivity contribution is 14.0. The molecule has 9 heteroatoms. The molecule has 1 saturated heterocycles. The number of guanidine groups is 1. The van der Waals surface area contributed by atoms with Crippen molar-refractivity contribution >= 4 is 35.8 Å². The van der Waals surface area contributed by atoms with E-state index in [0.717, 1.165) is 50.2 Å². The van der Waals surface area contributed by atoms with Crippen LogP contribution in [0, 0.1) is 5.92 Å². The Morgan fingerprint density at radius 2 is 1.96 bits per heavy atom. The van der Waals surface area contributed by atoms with Crippen molar-refractivity contribution in [1.29, 1.82) is 0 Å². The Morgan fingerprint density at radius 3 is 2.57 bits per heavy atom. The zero-order valence-electron chi connectivity index (χ0n) is 17.1. The predicted molar refractivity (Wildman–Crippen MR) is 121 cm³/mol. The summed E-state index contributed by atoms with van der Waals surface area (Å²) >= 11 is 0. The van der Waals surface area contributed by atoms with Crippen molar-refractivity contribution < 1.29 is 4.79 Å². The lowest BCUT2D eigenvalue weighted by atomic mass is 9.89. The molecular formula is C19H34IN7O. The molecule has 2 fully saturated rings. The van der Waals surface area contributed by atoms with E-state index in [1.165, 1.54) is 32.1 Å². The molecule has 1 aliphatic heterocycles. The summed E-state index contributed by atoms with van der Waals surface area (Å²) in [5.41, 5.74) is 0. The molecule has 1 aromatic heterocycles. The number of hydrogen-bond acceptors (Lipinski definition) is 4. The summed E-state index contributed by atoms with van der Waals surface area (Å²) in [6, 6.07) is 0. The molecule has 2 N–H and O–H groups in total. The Hall–Kier alpha value is -1.39. The largest absolute Gasteiger partial charge is 0.356 e. The summed E-state index contributed by atoms with van der Waals surface area (Å²) < 4.78 is 0. The van der Waals surface area contributed by atoms with E-state index in [0.29, 0.717) is 5.92 Å². The lowest BCUT2D eigenvalue weighted by Gasteiger charge is -2.34. The van der Waals surface area contributed by atoms with Gasteiger partial charge in [-0.1, -0.05) is 19.3 Å². The van der Waals surface area contributed by atoms with E-state index >= 15 is 0 Å². The SMILES string of the molecule is CN(C)C(=O)CN=C(NCC1CCCCC1)N1CCC(c2ncn[nH]2)CC1.I. The fourth-order valence-electron chi connectivity index (χ4n) is 3.95. The van der Waals surface area contributed by atoms with Crippen molar-refractivity contribution in [1.82, 2.24) is 30.3 Å². The van der Waals surface area contributed by atoms with Crippen molar-refractivity contribution in [3.63, 3.8) is 0 Å². The van der Waals surface area contributed by atoms with Gasteiger partial charge in [0.05, 0.1) is 0 Å². The average molecular weight is 503 g/mol. The second-order valence-corrected chi connectivity index (χ2v) is 7.94. The summed E-state index contributed by atoms with van der Waals surface area (Å²) in [7, 11) is 3.55. The highest BCUT2D eigenvalue weighted by Gasteiger charge is 2.25. The van der Waals surface area contributed by atoms with Crippen LogP contribution in [0.25, 0.3) is 0 Å². The minimum Gasteiger partial charge on any atom is -0.356 e. The van der Waals surface area contributed by atoms with Crippen LogP contribution < -0.4 is 5.32 Å². The number of aliphatic imine (C=N–C) groups is 1. The van der Waals surface area contributed by atoms with Crippen LogP contribution in [0.15, 0.2) is 11.3 Å². The number of halogens is 1. The fraction of sp³-hybridized carbons (Fsp3) is 0.789. The molecule has 0 unspecified atom stereocenters. The van der Waals surface area contributed by atoms with Gasteiger partial charge >= 0.3 is 0 Å². The van der Waals surface area contributed by atoms with E-state index in [4.69, 9.17) is 0 Å². The number of likely N-dealkylation sites (tertiary alicyclic amines) is 1. The van der Waals surface area contributed by atoms with Crippen LogP contribution in [-0.2, 0) is 4.79 Å². The van der Waals surface area contributed by atoms with Crippen molar-refractivity contribution in [2.45, 2.75) is 50.9 Å². The summed E-state index contributed by atoms with van der Waals surface area (Å²) in [5.74, 6) is 3.04. The van der Waals surface area contributed by atoms with Crippen molar-refractivity contribution in [2.24, 2.45) is 10.9 Å². The smallest absolute Gasteiger partial charge is 0.243 e. The summed E-state index contributed by atoms with van der Waals surface area (Å²) in [6.45, 7) is 2.98. The van der Waals surface area contributed by atoms with Crippen LogP contribution in [0.5, 0.6) is 0 Å². The van der Waals surface area contributed by atoms with Gasteiger partial charge in [-0.25, -0.2) is 9.98 Å². The number of rotatable bonds is 5. The van der Waals surface area contributed by atoms with Crippen LogP contribution in [0.2, 0.25) is 0 Å². The molecule has 28 heavy (non-hydrogen) atoms. The Bertz CT molecular complexity index is 606. The predicted octanol–water partition coefficient (Wildman–Crippen LogP) is 2.22. The molecule has 2 heterocycles. The van der Waals surface area contributed by atoms with Gasteiger partial charge in [0.2, 0.25) is 5.91 Å². The van der Waals surface area contributed by atoms with Crippen molar-refractivity contribution in [3.05, 3.63) is 12.2 Å². The summed E-state index contributed by atoms with van der Waals surface area (Å²) in [5, 5.41) is 10.5. The first kappa shape index (κ1) is 22.9. The van der Waals surface area contributed by atoms with Gasteiger partial charge in [-0.15, -0.1) is 24.0 Å². The maximum absolute atomic E-state index is 12.0. The Kier molecular flexibility index (Phi) is 9.46. The number of aromatic nitrogens is 3. The van der Waals surface area contributed by atoms with Crippen molar-refractivity contribution in [2.75, 3.05) is 40.3 Å². The number of likely N-dealkylation sites (N-methyl/N-ethyl adjacent to an activating group) is 1. The van der Waals surface area contributed by atoms with Gasteiger partial charge in [0.1, 0.15) is 18.7 Å². The lowest BCUT2D eigenvalue weighted by Crippen LogP contribution is -2.47. The van der Waals surface area contributed by atoms with Gasteiger partial charge in [-0.05, 0) is 31.6 Å². The molecule has 1 aromatic rings. The molecule has 8 nitrogen and oxygen atoms in total. The van der Waals surface area contributed by atoms with Crippen LogP contribution in [0.1, 0.15) is 56.7 Å². The molecule has 0 bridgehead atoms. The number of hydrogen-bond donors (Lipinski definition) is 2. The first-order valence-electron chi connectivity index (χ1n) is 10.2. The molecule has 1 aliphatic carbocycles. The maximum atomic E-state index is 12.0. The van der Waals surface area contributed by atoms with E-state index in [1.54, 1.807) is 25.3 Å². The maximum Gasteiger partial charge on any atom is 0.243 e. The second kappa shape index (κ2) is 11.6. The van der Waals surface area contributed by atoms with Gasteiger partial charge in [0, 0.05) is 39.6 Å².